The summed E-state index contributed by atoms with van der Waals surface area (Å²) in [5.41, 5.74) is 1.06. The molecule has 1 amide bonds. The molecule has 3 aliphatic rings. The first kappa shape index (κ1) is 16.8. The SMILES string of the molecule is CC(=O)c1ccc(NC(=O)COC(=O)[C@@H]2[C@@H]3C[C@@H]4[C@@H]2C(=O)O[C@H]4C3)cc1. The zero-order valence-corrected chi connectivity index (χ0v) is 14.3. The molecule has 2 bridgehead atoms. The molecule has 0 radical (unpaired) electrons. The number of Topliss-reactive ketones (excluding diaryl/α,β-unsaturated/α-hetero) is 1. The van der Waals surface area contributed by atoms with Crippen LogP contribution in [-0.4, -0.2) is 36.3 Å². The lowest BCUT2D eigenvalue weighted by molar-refractivity contribution is -0.157. The normalized spacial score (nSPS) is 30.8. The maximum Gasteiger partial charge on any atom is 0.310 e. The fourth-order valence-electron chi connectivity index (χ4n) is 4.54. The van der Waals surface area contributed by atoms with Crippen LogP contribution < -0.4 is 5.32 Å². The van der Waals surface area contributed by atoms with Crippen LogP contribution in [0.4, 0.5) is 5.69 Å². The highest BCUT2D eigenvalue weighted by Crippen LogP contribution is 2.57. The molecule has 1 aliphatic heterocycles. The lowest BCUT2D eigenvalue weighted by atomic mass is 9.80. The first-order valence-corrected chi connectivity index (χ1v) is 8.72. The van der Waals surface area contributed by atoms with Gasteiger partial charge in [-0.05, 0) is 49.9 Å². The summed E-state index contributed by atoms with van der Waals surface area (Å²) >= 11 is 0. The molecule has 3 fully saturated rings. The summed E-state index contributed by atoms with van der Waals surface area (Å²) in [7, 11) is 0. The van der Waals surface area contributed by atoms with Crippen molar-refractivity contribution in [3.8, 4) is 0 Å². The summed E-state index contributed by atoms with van der Waals surface area (Å²) in [5.74, 6) is -2.00. The number of hydrogen-bond acceptors (Lipinski definition) is 6. The lowest BCUT2D eigenvalue weighted by Crippen LogP contribution is -2.34. The highest BCUT2D eigenvalue weighted by Gasteiger charge is 2.64. The fraction of sp³-hybridized carbons (Fsp3) is 0.474. The molecule has 0 unspecified atom stereocenters. The monoisotopic (exact) mass is 357 g/mol. The van der Waals surface area contributed by atoms with Crippen molar-refractivity contribution in [2.75, 3.05) is 11.9 Å². The van der Waals surface area contributed by atoms with E-state index in [1.807, 2.05) is 0 Å². The average molecular weight is 357 g/mol. The molecule has 7 nitrogen and oxygen atoms in total. The zero-order valence-electron chi connectivity index (χ0n) is 14.3. The van der Waals surface area contributed by atoms with Gasteiger partial charge in [-0.15, -0.1) is 0 Å². The predicted molar refractivity (Wildman–Crippen MR) is 89.1 cm³/mol. The minimum Gasteiger partial charge on any atom is -0.462 e. The van der Waals surface area contributed by atoms with Crippen LogP contribution in [0.25, 0.3) is 0 Å². The van der Waals surface area contributed by atoms with Gasteiger partial charge in [0.05, 0.1) is 11.8 Å². The van der Waals surface area contributed by atoms with Crippen LogP contribution in [0.2, 0.25) is 0 Å². The van der Waals surface area contributed by atoms with Crippen LogP contribution in [-0.2, 0) is 23.9 Å². The van der Waals surface area contributed by atoms with Gasteiger partial charge in [0.15, 0.2) is 12.4 Å². The van der Waals surface area contributed by atoms with E-state index in [2.05, 4.69) is 5.32 Å². The highest BCUT2D eigenvalue weighted by molar-refractivity contribution is 5.96. The van der Waals surface area contributed by atoms with Crippen molar-refractivity contribution in [1.29, 1.82) is 0 Å². The van der Waals surface area contributed by atoms with Crippen molar-refractivity contribution < 1.29 is 28.7 Å². The average Bonchev–Trinajstić information content (AvgIpc) is 3.22. The number of nitrogens with one attached hydrogen (secondary N) is 1. The number of carbonyl (C=O) groups is 4. The molecule has 2 aliphatic carbocycles. The van der Waals surface area contributed by atoms with Crippen LogP contribution in [0.15, 0.2) is 24.3 Å². The third-order valence-corrected chi connectivity index (χ3v) is 5.68. The summed E-state index contributed by atoms with van der Waals surface area (Å²) in [5, 5.41) is 2.61. The molecule has 1 saturated heterocycles. The quantitative estimate of drug-likeness (QED) is 0.634. The van der Waals surface area contributed by atoms with Crippen molar-refractivity contribution in [3.05, 3.63) is 29.8 Å². The second kappa shape index (κ2) is 6.23. The minimum absolute atomic E-state index is 0.0391. The van der Waals surface area contributed by atoms with Crippen LogP contribution in [0.3, 0.4) is 0 Å². The smallest absolute Gasteiger partial charge is 0.310 e. The molecule has 2 saturated carbocycles. The van der Waals surface area contributed by atoms with Crippen molar-refractivity contribution in [3.63, 3.8) is 0 Å². The van der Waals surface area contributed by atoms with Gasteiger partial charge in [-0.25, -0.2) is 0 Å². The van der Waals surface area contributed by atoms with Gasteiger partial charge in [-0.3, -0.25) is 19.2 Å². The molecular weight excluding hydrogens is 338 g/mol. The minimum atomic E-state index is -0.498. The van der Waals surface area contributed by atoms with Gasteiger partial charge in [-0.2, -0.15) is 0 Å². The predicted octanol–water partition coefficient (Wildman–Crippen LogP) is 1.57. The second-order valence-electron chi connectivity index (χ2n) is 7.21. The Bertz CT molecular complexity index is 784. The molecule has 1 aromatic carbocycles. The van der Waals surface area contributed by atoms with E-state index in [0.717, 1.165) is 6.42 Å². The van der Waals surface area contributed by atoms with Gasteiger partial charge in [0.25, 0.3) is 5.91 Å². The van der Waals surface area contributed by atoms with E-state index in [9.17, 15) is 19.2 Å². The summed E-state index contributed by atoms with van der Waals surface area (Å²) in [6, 6.07) is 6.45. The summed E-state index contributed by atoms with van der Waals surface area (Å²) < 4.78 is 10.5. The first-order chi connectivity index (χ1) is 12.4. The van der Waals surface area contributed by atoms with E-state index in [4.69, 9.17) is 9.47 Å². The summed E-state index contributed by atoms with van der Waals surface area (Å²) in [4.78, 5) is 47.6. The number of esters is 2. The standard InChI is InChI=1S/C19H19NO6/c1-9(21)10-2-4-12(5-3-10)20-15(22)8-25-18(23)16-11-6-13-14(7-11)26-19(24)17(13)16/h2-5,11,13-14,16-17H,6-8H2,1H3,(H,20,22)/t11-,13+,14+,16-,17+/m1/s1. The fourth-order valence-corrected chi connectivity index (χ4v) is 4.54. The van der Waals surface area contributed by atoms with Gasteiger partial charge in [0.2, 0.25) is 0 Å². The van der Waals surface area contributed by atoms with Gasteiger partial charge in [-0.1, -0.05) is 0 Å². The Labute approximate surface area is 150 Å². The Balaban J connectivity index is 1.31. The molecule has 136 valence electrons. The van der Waals surface area contributed by atoms with Crippen LogP contribution in [0, 0.1) is 23.7 Å². The second-order valence-corrected chi connectivity index (χ2v) is 7.21. The Morgan fingerprint density at radius 3 is 2.62 bits per heavy atom. The molecule has 1 N–H and O–H groups in total. The van der Waals surface area contributed by atoms with Gasteiger partial charge in [0, 0.05) is 17.2 Å². The van der Waals surface area contributed by atoms with Crippen LogP contribution in [0.1, 0.15) is 30.1 Å². The molecule has 0 aromatic heterocycles. The number of fused-ring (bicyclic) bond motifs is 1. The summed E-state index contributed by atoms with van der Waals surface area (Å²) in [6.07, 6.45) is 1.49. The number of hydrogen-bond donors (Lipinski definition) is 1. The molecule has 26 heavy (non-hydrogen) atoms. The number of rotatable bonds is 5. The number of benzene rings is 1. The third-order valence-electron chi connectivity index (χ3n) is 5.68. The molecule has 0 spiro atoms. The van der Waals surface area contributed by atoms with E-state index in [0.29, 0.717) is 17.7 Å². The molecule has 7 heteroatoms. The number of ether oxygens (including phenoxy) is 2. The van der Waals surface area contributed by atoms with Crippen molar-refractivity contribution in [1.82, 2.24) is 0 Å². The molecule has 4 rings (SSSR count). The maximum atomic E-state index is 12.4. The van der Waals surface area contributed by atoms with Crippen molar-refractivity contribution in [2.45, 2.75) is 25.9 Å². The van der Waals surface area contributed by atoms with Crippen LogP contribution in [0.5, 0.6) is 0 Å². The molecule has 1 heterocycles. The van der Waals surface area contributed by atoms with Crippen molar-refractivity contribution in [2.24, 2.45) is 23.7 Å². The Morgan fingerprint density at radius 1 is 1.19 bits per heavy atom. The van der Waals surface area contributed by atoms with E-state index < -0.39 is 30.3 Å². The van der Waals surface area contributed by atoms with E-state index in [1.165, 1.54) is 6.92 Å². The molecule has 5 atom stereocenters. The molecule has 1 aromatic rings. The zero-order chi connectivity index (χ0) is 18.4. The van der Waals surface area contributed by atoms with Gasteiger partial charge >= 0.3 is 11.9 Å². The highest BCUT2D eigenvalue weighted by atomic mass is 16.6. The third kappa shape index (κ3) is 2.77. The number of amides is 1. The summed E-state index contributed by atoms with van der Waals surface area (Å²) in [6.45, 7) is 1.05. The Hall–Kier alpha value is -2.70. The Morgan fingerprint density at radius 2 is 1.92 bits per heavy atom. The maximum absolute atomic E-state index is 12.4. The molecular formula is C19H19NO6. The first-order valence-electron chi connectivity index (χ1n) is 8.72. The number of ketones is 1. The van der Waals surface area contributed by atoms with E-state index in [1.54, 1.807) is 24.3 Å². The Kier molecular flexibility index (Phi) is 4.01. The van der Waals surface area contributed by atoms with Gasteiger partial charge < -0.3 is 14.8 Å². The largest absolute Gasteiger partial charge is 0.462 e. The number of carbonyl (C=O) groups excluding carboxylic acids is 4. The lowest BCUT2D eigenvalue weighted by Gasteiger charge is -2.22. The van der Waals surface area contributed by atoms with E-state index >= 15 is 0 Å². The van der Waals surface area contributed by atoms with Gasteiger partial charge in [0.1, 0.15) is 6.10 Å². The topological polar surface area (TPSA) is 98.8 Å². The van der Waals surface area contributed by atoms with Crippen LogP contribution >= 0.6 is 0 Å². The number of anilines is 1. The van der Waals surface area contributed by atoms with Crippen molar-refractivity contribution >= 4 is 29.3 Å². The van der Waals surface area contributed by atoms with E-state index in [-0.39, 0.29) is 29.7 Å².